The summed E-state index contributed by atoms with van der Waals surface area (Å²) >= 11 is 0. The molecule has 0 fully saturated rings. The fourth-order valence-corrected chi connectivity index (χ4v) is 1.92. The van der Waals surface area contributed by atoms with E-state index in [1.165, 1.54) is 24.3 Å². The maximum Gasteiger partial charge on any atom is 0.363 e. The van der Waals surface area contributed by atoms with Gasteiger partial charge in [0.1, 0.15) is 17.2 Å². The molecule has 4 N–H and O–H groups in total. The minimum atomic E-state index is -1.14. The highest BCUT2D eigenvalue weighted by molar-refractivity contribution is 5.98. The molecule has 23 heavy (non-hydrogen) atoms. The summed E-state index contributed by atoms with van der Waals surface area (Å²) in [4.78, 5) is 37.7. The van der Waals surface area contributed by atoms with E-state index in [1.54, 1.807) is 6.92 Å². The number of hydrogen-bond acceptors (Lipinski definition) is 5. The molecule has 2 aromatic rings. The summed E-state index contributed by atoms with van der Waals surface area (Å²) < 4.78 is 12.6. The van der Waals surface area contributed by atoms with Crippen LogP contribution in [0.4, 0.5) is 10.2 Å². The van der Waals surface area contributed by atoms with Gasteiger partial charge in [-0.3, -0.25) is 14.6 Å². The number of halogens is 1. The average Bonchev–Trinajstić information content (AvgIpc) is 2.52. The lowest BCUT2D eigenvalue weighted by Crippen LogP contribution is -2.41. The lowest BCUT2D eigenvalue weighted by Gasteiger charge is -2.11. The number of amides is 1. The Bertz CT molecular complexity index is 826. The van der Waals surface area contributed by atoms with Gasteiger partial charge in [-0.15, -0.1) is 0 Å². The number of carbonyl (C=O) groups excluding carboxylic acids is 1. The Balaban J connectivity index is 2.27. The molecule has 0 unspecified atom stereocenters. The minimum absolute atomic E-state index is 0.0503. The molecule has 1 aromatic heterocycles. The molecule has 8 nitrogen and oxygen atoms in total. The van der Waals surface area contributed by atoms with Gasteiger partial charge in [0, 0.05) is 13.1 Å². The molecular formula is C14H15FN4O4. The first-order valence-corrected chi connectivity index (χ1v) is 6.79. The molecular weight excluding hydrogens is 307 g/mol. The van der Waals surface area contributed by atoms with Crippen molar-refractivity contribution in [3.63, 3.8) is 0 Å². The second-order valence-electron chi connectivity index (χ2n) is 4.64. The number of H-pyrrole nitrogens is 1. The Hall–Kier alpha value is -3.10. The maximum atomic E-state index is 12.8. The van der Waals surface area contributed by atoms with Gasteiger partial charge < -0.3 is 15.8 Å². The number of aromatic nitrogens is 2. The summed E-state index contributed by atoms with van der Waals surface area (Å²) in [6, 6.07) is 5.45. The monoisotopic (exact) mass is 322 g/mol. The van der Waals surface area contributed by atoms with Crippen LogP contribution in [-0.2, 0) is 6.54 Å². The van der Waals surface area contributed by atoms with Crippen LogP contribution in [-0.4, -0.2) is 27.4 Å². The van der Waals surface area contributed by atoms with Crippen LogP contribution >= 0.6 is 0 Å². The molecule has 122 valence electrons. The highest BCUT2D eigenvalue weighted by atomic mass is 19.1. The smallest absolute Gasteiger partial charge is 0.363 e. The standard InChI is InChI=1S/C14H15FN4O4/c1-2-16-11-10(13(21)19(23)14(22)18-11)12(20)17-7-8-3-5-9(15)6-4-8/h3-6,16,23H,2,7H2,1H3,(H,17,20)(H,18,22). The zero-order valence-corrected chi connectivity index (χ0v) is 12.2. The van der Waals surface area contributed by atoms with Crippen LogP contribution in [0.3, 0.4) is 0 Å². The summed E-state index contributed by atoms with van der Waals surface area (Å²) in [7, 11) is 0. The number of benzene rings is 1. The van der Waals surface area contributed by atoms with Crippen molar-refractivity contribution in [2.75, 3.05) is 11.9 Å². The van der Waals surface area contributed by atoms with E-state index < -0.39 is 28.5 Å². The van der Waals surface area contributed by atoms with Gasteiger partial charge in [-0.2, -0.15) is 0 Å². The van der Waals surface area contributed by atoms with Gasteiger partial charge in [0.2, 0.25) is 0 Å². The molecule has 0 aliphatic carbocycles. The lowest BCUT2D eigenvalue weighted by molar-refractivity contribution is 0.0940. The summed E-state index contributed by atoms with van der Waals surface area (Å²) in [6.45, 7) is 2.11. The van der Waals surface area contributed by atoms with E-state index in [4.69, 9.17) is 0 Å². The van der Waals surface area contributed by atoms with Crippen molar-refractivity contribution in [1.82, 2.24) is 15.0 Å². The minimum Gasteiger partial charge on any atom is -0.421 e. The molecule has 9 heteroatoms. The van der Waals surface area contributed by atoms with Gasteiger partial charge in [-0.25, -0.2) is 9.18 Å². The van der Waals surface area contributed by atoms with Crippen molar-refractivity contribution in [2.24, 2.45) is 0 Å². The normalized spacial score (nSPS) is 10.3. The summed E-state index contributed by atoms with van der Waals surface area (Å²) in [6.07, 6.45) is 0. The highest BCUT2D eigenvalue weighted by Gasteiger charge is 2.20. The number of nitrogens with zero attached hydrogens (tertiary/aromatic N) is 1. The number of aromatic amines is 1. The Morgan fingerprint density at radius 3 is 2.57 bits per heavy atom. The second-order valence-corrected chi connectivity index (χ2v) is 4.64. The van der Waals surface area contributed by atoms with Crippen molar-refractivity contribution in [1.29, 1.82) is 0 Å². The quantitative estimate of drug-likeness (QED) is 0.590. The lowest BCUT2D eigenvalue weighted by atomic mass is 10.2. The summed E-state index contributed by atoms with van der Waals surface area (Å²) in [5.41, 5.74) is -1.99. The molecule has 1 aromatic carbocycles. The van der Waals surface area contributed by atoms with Crippen LogP contribution in [0.2, 0.25) is 0 Å². The Kier molecular flexibility index (Phi) is 4.79. The van der Waals surface area contributed by atoms with Crippen LogP contribution < -0.4 is 21.9 Å². The fraction of sp³-hybridized carbons (Fsp3) is 0.214. The number of rotatable bonds is 5. The van der Waals surface area contributed by atoms with Crippen LogP contribution in [0.1, 0.15) is 22.8 Å². The molecule has 0 aliphatic heterocycles. The van der Waals surface area contributed by atoms with Crippen LogP contribution in [0.5, 0.6) is 0 Å². The van der Waals surface area contributed by atoms with E-state index >= 15 is 0 Å². The van der Waals surface area contributed by atoms with Crippen LogP contribution in [0.25, 0.3) is 0 Å². The Labute approximate surface area is 129 Å². The number of hydrogen-bond donors (Lipinski definition) is 4. The molecule has 0 atom stereocenters. The molecule has 1 amide bonds. The molecule has 0 bridgehead atoms. The van der Waals surface area contributed by atoms with Crippen molar-refractivity contribution in [2.45, 2.75) is 13.5 Å². The fourth-order valence-electron chi connectivity index (χ4n) is 1.92. The molecule has 0 aliphatic rings. The SMILES string of the molecule is CCNc1[nH]c(=O)n(O)c(=O)c1C(=O)NCc1ccc(F)cc1. The summed E-state index contributed by atoms with van der Waals surface area (Å²) in [5.74, 6) is -1.27. The van der Waals surface area contributed by atoms with Gasteiger partial charge in [-0.05, 0) is 24.6 Å². The molecule has 0 spiro atoms. The molecule has 1 heterocycles. The third-order valence-electron chi connectivity index (χ3n) is 3.03. The number of anilines is 1. The maximum absolute atomic E-state index is 12.8. The van der Waals surface area contributed by atoms with Crippen molar-refractivity contribution in [3.8, 4) is 0 Å². The van der Waals surface area contributed by atoms with Gasteiger partial charge in [0.25, 0.3) is 5.91 Å². The van der Waals surface area contributed by atoms with E-state index in [2.05, 4.69) is 15.6 Å². The first-order valence-electron chi connectivity index (χ1n) is 6.79. The van der Waals surface area contributed by atoms with E-state index in [-0.39, 0.29) is 17.1 Å². The average molecular weight is 322 g/mol. The van der Waals surface area contributed by atoms with E-state index in [1.807, 2.05) is 0 Å². The van der Waals surface area contributed by atoms with Crippen molar-refractivity contribution < 1.29 is 14.4 Å². The summed E-state index contributed by atoms with van der Waals surface area (Å²) in [5, 5.41) is 14.5. The van der Waals surface area contributed by atoms with Gasteiger partial charge in [0.05, 0.1) is 0 Å². The second kappa shape index (κ2) is 6.77. The topological polar surface area (TPSA) is 116 Å². The van der Waals surface area contributed by atoms with Gasteiger partial charge in [-0.1, -0.05) is 16.9 Å². The molecule has 0 saturated heterocycles. The Morgan fingerprint density at radius 1 is 1.30 bits per heavy atom. The highest BCUT2D eigenvalue weighted by Crippen LogP contribution is 2.06. The third-order valence-corrected chi connectivity index (χ3v) is 3.03. The number of carbonyl (C=O) groups is 1. The van der Waals surface area contributed by atoms with Crippen LogP contribution in [0, 0.1) is 5.82 Å². The third kappa shape index (κ3) is 3.57. The number of nitrogens with one attached hydrogen (secondary N) is 3. The first kappa shape index (κ1) is 16.3. The van der Waals surface area contributed by atoms with Crippen LogP contribution in [0.15, 0.2) is 33.9 Å². The predicted molar refractivity (Wildman–Crippen MR) is 80.2 cm³/mol. The molecule has 0 saturated carbocycles. The largest absolute Gasteiger partial charge is 0.421 e. The van der Waals surface area contributed by atoms with Gasteiger partial charge in [0.15, 0.2) is 0 Å². The van der Waals surface area contributed by atoms with Crippen molar-refractivity contribution in [3.05, 3.63) is 62.0 Å². The van der Waals surface area contributed by atoms with E-state index in [0.717, 1.165) is 0 Å². The van der Waals surface area contributed by atoms with Crippen molar-refractivity contribution >= 4 is 11.7 Å². The first-order chi connectivity index (χ1) is 10.9. The predicted octanol–water partition coefficient (Wildman–Crippen LogP) is 0.275. The zero-order valence-electron chi connectivity index (χ0n) is 12.2. The zero-order chi connectivity index (χ0) is 17.0. The van der Waals surface area contributed by atoms with E-state index in [0.29, 0.717) is 12.1 Å². The van der Waals surface area contributed by atoms with Gasteiger partial charge >= 0.3 is 11.2 Å². The Morgan fingerprint density at radius 2 is 1.96 bits per heavy atom. The molecule has 0 radical (unpaired) electrons. The van der Waals surface area contributed by atoms with E-state index in [9.17, 15) is 24.0 Å². The molecule has 2 rings (SSSR count).